The van der Waals surface area contributed by atoms with E-state index in [9.17, 15) is 0 Å². The Labute approximate surface area is 113 Å². The molecule has 2 aliphatic rings. The highest BCUT2D eigenvalue weighted by molar-refractivity contribution is 8.22. The van der Waals surface area contributed by atoms with Gasteiger partial charge in [-0.15, -0.1) is 0 Å². The molecule has 0 aromatic rings. The van der Waals surface area contributed by atoms with Gasteiger partial charge in [0.15, 0.2) is 6.29 Å². The molecular formula is C12H21NO2S2. The van der Waals surface area contributed by atoms with Gasteiger partial charge in [0, 0.05) is 25.3 Å². The fourth-order valence-electron chi connectivity index (χ4n) is 2.11. The van der Waals surface area contributed by atoms with Crippen LogP contribution in [0, 0.1) is 0 Å². The lowest BCUT2D eigenvalue weighted by Crippen LogP contribution is -2.33. The zero-order chi connectivity index (χ0) is 11.9. The number of hydrogen-bond acceptors (Lipinski definition) is 4. The minimum absolute atomic E-state index is 0.000376. The third-order valence-corrected chi connectivity index (χ3v) is 4.65. The molecule has 2 saturated heterocycles. The van der Waals surface area contributed by atoms with Crippen molar-refractivity contribution >= 4 is 28.3 Å². The van der Waals surface area contributed by atoms with Crippen LogP contribution in [0.15, 0.2) is 0 Å². The van der Waals surface area contributed by atoms with Gasteiger partial charge >= 0.3 is 0 Å². The van der Waals surface area contributed by atoms with Crippen molar-refractivity contribution in [1.29, 1.82) is 0 Å². The quantitative estimate of drug-likeness (QED) is 0.736. The fraction of sp³-hybridized carbons (Fsp3) is 0.917. The zero-order valence-corrected chi connectivity index (χ0v) is 11.9. The van der Waals surface area contributed by atoms with E-state index < -0.39 is 0 Å². The lowest BCUT2D eigenvalue weighted by Gasteiger charge is -2.29. The van der Waals surface area contributed by atoms with E-state index in [1.54, 1.807) is 11.8 Å². The highest BCUT2D eigenvalue weighted by Gasteiger charge is 2.16. The van der Waals surface area contributed by atoms with Crippen LogP contribution in [0.1, 0.15) is 32.1 Å². The molecule has 0 aliphatic carbocycles. The van der Waals surface area contributed by atoms with E-state index in [2.05, 4.69) is 4.90 Å². The second-order valence-electron chi connectivity index (χ2n) is 4.48. The van der Waals surface area contributed by atoms with Crippen LogP contribution >= 0.6 is 24.0 Å². The molecule has 0 unspecified atom stereocenters. The van der Waals surface area contributed by atoms with Crippen LogP contribution in [-0.4, -0.2) is 47.6 Å². The predicted molar refractivity (Wildman–Crippen MR) is 75.4 cm³/mol. The first-order valence-electron chi connectivity index (χ1n) is 6.51. The van der Waals surface area contributed by atoms with Crippen molar-refractivity contribution in [2.24, 2.45) is 0 Å². The molecule has 2 fully saturated rings. The molecular weight excluding hydrogens is 254 g/mol. The molecule has 0 saturated carbocycles. The largest absolute Gasteiger partial charge is 0.358 e. The Kier molecular flexibility index (Phi) is 6.05. The molecule has 2 heterocycles. The smallest absolute Gasteiger partial charge is 0.158 e. The summed E-state index contributed by atoms with van der Waals surface area (Å²) < 4.78 is 12.1. The summed E-state index contributed by atoms with van der Waals surface area (Å²) in [5, 5.41) is 0. The monoisotopic (exact) mass is 275 g/mol. The van der Waals surface area contributed by atoms with Gasteiger partial charge < -0.3 is 14.4 Å². The van der Waals surface area contributed by atoms with Crippen LogP contribution in [0.25, 0.3) is 0 Å². The number of hydrogen-bond donors (Lipinski definition) is 0. The molecule has 17 heavy (non-hydrogen) atoms. The van der Waals surface area contributed by atoms with Gasteiger partial charge in [-0.2, -0.15) is 0 Å². The predicted octanol–water partition coefficient (Wildman–Crippen LogP) is 2.64. The van der Waals surface area contributed by atoms with E-state index >= 15 is 0 Å². The number of nitrogens with zero attached hydrogens (tertiary/aromatic N) is 1. The summed E-state index contributed by atoms with van der Waals surface area (Å²) >= 11 is 7.22. The lowest BCUT2D eigenvalue weighted by atomic mass is 10.1. The number of ether oxygens (including phenoxy) is 2. The van der Waals surface area contributed by atoms with Crippen molar-refractivity contribution in [3.63, 3.8) is 0 Å². The summed E-state index contributed by atoms with van der Waals surface area (Å²) in [6, 6.07) is 0. The first-order chi connectivity index (χ1) is 8.36. The first kappa shape index (κ1) is 13.6. The number of piperidine rings is 1. The summed E-state index contributed by atoms with van der Waals surface area (Å²) in [6.45, 7) is 3.96. The van der Waals surface area contributed by atoms with Gasteiger partial charge in [0.1, 0.15) is 4.32 Å². The Balaban J connectivity index is 1.58. The molecule has 0 N–H and O–H groups in total. The van der Waals surface area contributed by atoms with E-state index in [0.717, 1.165) is 49.2 Å². The van der Waals surface area contributed by atoms with Crippen molar-refractivity contribution in [1.82, 2.24) is 4.90 Å². The summed E-state index contributed by atoms with van der Waals surface area (Å²) in [7, 11) is 0. The van der Waals surface area contributed by atoms with E-state index in [-0.39, 0.29) is 6.29 Å². The normalized spacial score (nSPS) is 22.7. The van der Waals surface area contributed by atoms with Crippen LogP contribution in [0.2, 0.25) is 0 Å². The number of thiocarbonyl (C=S) groups is 1. The minimum Gasteiger partial charge on any atom is -0.358 e. The van der Waals surface area contributed by atoms with E-state index in [1.165, 1.54) is 19.3 Å². The van der Waals surface area contributed by atoms with Crippen molar-refractivity contribution in [2.45, 2.75) is 38.4 Å². The summed E-state index contributed by atoms with van der Waals surface area (Å²) in [5.41, 5.74) is 0. The molecule has 2 aliphatic heterocycles. The van der Waals surface area contributed by atoms with Crippen molar-refractivity contribution in [2.75, 3.05) is 32.1 Å². The van der Waals surface area contributed by atoms with Crippen LogP contribution in [-0.2, 0) is 9.47 Å². The van der Waals surface area contributed by atoms with Gasteiger partial charge in [-0.05, 0) is 25.7 Å². The maximum atomic E-state index is 5.51. The second kappa shape index (κ2) is 7.56. The number of thioether (sulfide) groups is 1. The van der Waals surface area contributed by atoms with Gasteiger partial charge in [-0.3, -0.25) is 0 Å². The maximum absolute atomic E-state index is 5.51. The minimum atomic E-state index is 0.000376. The molecule has 2 rings (SSSR count). The molecule has 0 radical (unpaired) electrons. The summed E-state index contributed by atoms with van der Waals surface area (Å²) in [5.74, 6) is 1.00. The van der Waals surface area contributed by atoms with Crippen molar-refractivity contribution in [3.05, 3.63) is 0 Å². The molecule has 0 bridgehead atoms. The molecule has 5 heteroatoms. The Morgan fingerprint density at radius 1 is 1.12 bits per heavy atom. The Bertz CT molecular complexity index is 239. The molecule has 0 aromatic carbocycles. The molecule has 0 atom stereocenters. The lowest BCUT2D eigenvalue weighted by molar-refractivity contribution is -0.178. The second-order valence-corrected chi connectivity index (χ2v) is 6.20. The standard InChI is InChI=1S/C12H21NO2S2/c16-12(13-6-2-1-3-7-13)17-10-5-11-14-8-4-9-15-11/h11H,1-10H2. The first-order valence-corrected chi connectivity index (χ1v) is 7.90. The zero-order valence-electron chi connectivity index (χ0n) is 10.2. The Morgan fingerprint density at radius 2 is 1.82 bits per heavy atom. The molecule has 98 valence electrons. The Hall–Kier alpha value is 0.160. The molecule has 3 nitrogen and oxygen atoms in total. The highest BCUT2D eigenvalue weighted by atomic mass is 32.2. The topological polar surface area (TPSA) is 21.7 Å². The molecule has 0 aromatic heterocycles. The molecule has 0 spiro atoms. The van der Waals surface area contributed by atoms with Gasteiger partial charge in [0.25, 0.3) is 0 Å². The SMILES string of the molecule is S=C(SCCC1OCCCO1)N1CCCCC1. The highest BCUT2D eigenvalue weighted by Crippen LogP contribution is 2.18. The molecule has 0 amide bonds. The van der Waals surface area contributed by atoms with Crippen LogP contribution < -0.4 is 0 Å². The summed E-state index contributed by atoms with van der Waals surface area (Å²) in [6.07, 6.45) is 5.90. The van der Waals surface area contributed by atoms with E-state index in [1.807, 2.05) is 0 Å². The average molecular weight is 275 g/mol. The van der Waals surface area contributed by atoms with Crippen LogP contribution in [0.5, 0.6) is 0 Å². The fourth-order valence-corrected chi connectivity index (χ4v) is 3.40. The van der Waals surface area contributed by atoms with Crippen molar-refractivity contribution in [3.8, 4) is 0 Å². The van der Waals surface area contributed by atoms with Crippen LogP contribution in [0.4, 0.5) is 0 Å². The van der Waals surface area contributed by atoms with E-state index in [0.29, 0.717) is 0 Å². The van der Waals surface area contributed by atoms with Crippen LogP contribution in [0.3, 0.4) is 0 Å². The summed E-state index contributed by atoms with van der Waals surface area (Å²) in [4.78, 5) is 2.34. The number of rotatable bonds is 3. The number of likely N-dealkylation sites (tertiary alicyclic amines) is 1. The van der Waals surface area contributed by atoms with Gasteiger partial charge in [0.05, 0.1) is 13.2 Å². The van der Waals surface area contributed by atoms with E-state index in [4.69, 9.17) is 21.7 Å². The van der Waals surface area contributed by atoms with Crippen molar-refractivity contribution < 1.29 is 9.47 Å². The van der Waals surface area contributed by atoms with Gasteiger partial charge in [-0.25, -0.2) is 0 Å². The third kappa shape index (κ3) is 4.73. The maximum Gasteiger partial charge on any atom is 0.158 e. The van der Waals surface area contributed by atoms with Gasteiger partial charge in [-0.1, -0.05) is 24.0 Å². The average Bonchev–Trinajstić information content (AvgIpc) is 2.41. The Morgan fingerprint density at radius 3 is 2.53 bits per heavy atom. The van der Waals surface area contributed by atoms with Gasteiger partial charge in [0.2, 0.25) is 0 Å². The third-order valence-electron chi connectivity index (χ3n) is 3.09.